The Balaban J connectivity index is 0. The van der Waals surface area contributed by atoms with E-state index in [1.807, 2.05) is 0 Å². The summed E-state index contributed by atoms with van der Waals surface area (Å²) in [5.74, 6) is 0. The first-order chi connectivity index (χ1) is 5.94. The minimum atomic E-state index is -3.51. The lowest BCUT2D eigenvalue weighted by Gasteiger charge is -2.08. The van der Waals surface area contributed by atoms with Crippen LogP contribution in [0.3, 0.4) is 0 Å². The molecule has 0 aliphatic heterocycles. The Labute approximate surface area is 96.8 Å². The molecule has 0 atom stereocenters. The highest BCUT2D eigenvalue weighted by Crippen LogP contribution is 2.26. The van der Waals surface area contributed by atoms with E-state index in [2.05, 4.69) is 4.18 Å². The molecule has 0 radical (unpaired) electrons. The van der Waals surface area contributed by atoms with E-state index in [0.717, 1.165) is 6.26 Å². The Morgan fingerprint density at radius 2 is 1.64 bits per heavy atom. The lowest BCUT2D eigenvalue weighted by Crippen LogP contribution is -2.16. The molecule has 6 nitrogen and oxygen atoms in total. The van der Waals surface area contributed by atoms with Gasteiger partial charge in [-0.1, -0.05) is 34.8 Å². The molecular weight excluding hydrogens is 301 g/mol. The maximum absolute atomic E-state index is 10.3. The average molecular weight is 308 g/mol. The number of hydrogen-bond donors (Lipinski definition) is 2. The van der Waals surface area contributed by atoms with Crippen molar-refractivity contribution in [2.75, 3.05) is 12.9 Å². The lowest BCUT2D eigenvalue weighted by molar-refractivity contribution is 0.329. The maximum Gasteiger partial charge on any atom is 0.692 e. The van der Waals surface area contributed by atoms with Gasteiger partial charge >= 0.3 is 8.25 Å². The van der Waals surface area contributed by atoms with E-state index in [-0.39, 0.29) is 0 Å². The molecule has 0 aromatic carbocycles. The van der Waals surface area contributed by atoms with Crippen molar-refractivity contribution in [2.45, 2.75) is 3.79 Å². The Morgan fingerprint density at radius 3 is 1.71 bits per heavy atom. The largest absolute Gasteiger partial charge is 0.692 e. The zero-order valence-corrected chi connectivity index (χ0v) is 10.7. The molecular formula is C3H7Cl3O6PS+. The van der Waals surface area contributed by atoms with Gasteiger partial charge in [-0.15, -0.1) is 9.79 Å². The number of rotatable bonds is 2. The SMILES string of the molecule is CS(=O)(=O)OCC(Cl)(Cl)Cl.O=[P+](O)O. The van der Waals surface area contributed by atoms with Crippen LogP contribution < -0.4 is 0 Å². The molecule has 0 aliphatic rings. The number of halogens is 3. The van der Waals surface area contributed by atoms with Gasteiger partial charge in [0.25, 0.3) is 10.1 Å². The summed E-state index contributed by atoms with van der Waals surface area (Å²) >= 11 is 15.5. The third-order valence-corrected chi connectivity index (χ3v) is 1.31. The predicted octanol–water partition coefficient (Wildman–Crippen LogP) is 0.961. The highest BCUT2D eigenvalue weighted by Gasteiger charge is 2.22. The van der Waals surface area contributed by atoms with Gasteiger partial charge in [0, 0.05) is 4.57 Å². The van der Waals surface area contributed by atoms with Crippen LogP contribution in [0.1, 0.15) is 0 Å². The Kier molecular flexibility index (Phi) is 8.77. The van der Waals surface area contributed by atoms with E-state index in [9.17, 15) is 8.42 Å². The monoisotopic (exact) mass is 307 g/mol. The zero-order chi connectivity index (χ0) is 12.0. The second-order valence-electron chi connectivity index (χ2n) is 1.83. The predicted molar refractivity (Wildman–Crippen MR) is 53.1 cm³/mol. The molecule has 2 N–H and O–H groups in total. The van der Waals surface area contributed by atoms with Crippen LogP contribution >= 0.6 is 43.1 Å². The molecule has 0 heterocycles. The first kappa shape index (κ1) is 17.2. The van der Waals surface area contributed by atoms with Gasteiger partial charge in [-0.2, -0.15) is 8.42 Å². The van der Waals surface area contributed by atoms with E-state index in [1.165, 1.54) is 0 Å². The molecule has 86 valence electrons. The highest BCUT2D eigenvalue weighted by molar-refractivity contribution is 7.86. The van der Waals surface area contributed by atoms with Crippen LogP contribution in [0.15, 0.2) is 0 Å². The summed E-state index contributed by atoms with van der Waals surface area (Å²) in [6, 6.07) is 0. The van der Waals surface area contributed by atoms with Crippen LogP contribution in [0, 0.1) is 0 Å². The molecule has 11 heteroatoms. The van der Waals surface area contributed by atoms with Gasteiger partial charge in [-0.25, -0.2) is 0 Å². The smallest absolute Gasteiger partial charge is 0.266 e. The fraction of sp³-hybridized carbons (Fsp3) is 1.00. The summed E-state index contributed by atoms with van der Waals surface area (Å²) in [7, 11) is -6.38. The van der Waals surface area contributed by atoms with Gasteiger partial charge in [0.1, 0.15) is 6.61 Å². The molecule has 0 aromatic rings. The average Bonchev–Trinajstić information content (AvgIpc) is 1.79. The van der Waals surface area contributed by atoms with E-state index >= 15 is 0 Å². The highest BCUT2D eigenvalue weighted by atomic mass is 35.6. The Hall–Kier alpha value is 0.800. The summed E-state index contributed by atoms with van der Waals surface area (Å²) < 4.78 is 31.8. The molecule has 0 spiro atoms. The summed E-state index contributed by atoms with van der Waals surface area (Å²) in [6.07, 6.45) is 0.878. The molecule has 0 aromatic heterocycles. The van der Waals surface area contributed by atoms with Gasteiger partial charge < -0.3 is 0 Å². The Bertz CT molecular complexity index is 267. The van der Waals surface area contributed by atoms with Gasteiger partial charge in [-0.3, -0.25) is 4.18 Å². The second-order valence-corrected chi connectivity index (χ2v) is 6.50. The van der Waals surface area contributed by atoms with Gasteiger partial charge in [-0.05, 0) is 0 Å². The fourth-order valence-corrected chi connectivity index (χ4v) is 0.922. The minimum Gasteiger partial charge on any atom is -0.266 e. The lowest BCUT2D eigenvalue weighted by atomic mass is 10.9. The van der Waals surface area contributed by atoms with Crippen LogP contribution in [0.5, 0.6) is 0 Å². The van der Waals surface area contributed by atoms with E-state index in [1.54, 1.807) is 0 Å². The topological polar surface area (TPSA) is 101 Å². The van der Waals surface area contributed by atoms with Gasteiger partial charge in [0.2, 0.25) is 3.79 Å². The zero-order valence-electron chi connectivity index (χ0n) is 6.72. The summed E-state index contributed by atoms with van der Waals surface area (Å²) in [5, 5.41) is 0. The normalized spacial score (nSPS) is 11.6. The van der Waals surface area contributed by atoms with Crippen LogP contribution in [0.25, 0.3) is 0 Å². The molecule has 0 saturated carbocycles. The van der Waals surface area contributed by atoms with Crippen LogP contribution in [-0.4, -0.2) is 34.9 Å². The molecule has 0 rings (SSSR count). The molecule has 14 heavy (non-hydrogen) atoms. The summed E-state index contributed by atoms with van der Waals surface area (Å²) in [5.41, 5.74) is 0. The van der Waals surface area contributed by atoms with Crippen molar-refractivity contribution in [1.82, 2.24) is 0 Å². The van der Waals surface area contributed by atoms with Crippen molar-refractivity contribution in [2.24, 2.45) is 0 Å². The van der Waals surface area contributed by atoms with Crippen LogP contribution in [-0.2, 0) is 18.9 Å². The molecule has 0 amide bonds. The first-order valence-corrected chi connectivity index (χ1v) is 6.82. The van der Waals surface area contributed by atoms with Crippen LogP contribution in [0.4, 0.5) is 0 Å². The molecule has 0 aliphatic carbocycles. The second kappa shape index (κ2) is 7.14. The maximum atomic E-state index is 10.3. The first-order valence-electron chi connectivity index (χ1n) is 2.70. The molecule has 0 unspecified atom stereocenters. The molecule has 0 fully saturated rings. The van der Waals surface area contributed by atoms with Gasteiger partial charge in [0.05, 0.1) is 6.26 Å². The van der Waals surface area contributed by atoms with E-state index in [4.69, 9.17) is 49.2 Å². The third kappa shape index (κ3) is 29.3. The minimum absolute atomic E-state index is 0.462. The molecule has 0 saturated heterocycles. The molecule has 0 bridgehead atoms. The van der Waals surface area contributed by atoms with Crippen LogP contribution in [0.2, 0.25) is 0 Å². The van der Waals surface area contributed by atoms with Gasteiger partial charge in [0.15, 0.2) is 0 Å². The number of hydrogen-bond acceptors (Lipinski definition) is 4. The van der Waals surface area contributed by atoms with Crippen molar-refractivity contribution >= 4 is 53.2 Å². The standard InChI is InChI=1S/C3H5Cl3O3S.HO3P/c1-10(7,8)9-2-3(4,5)6;1-4(2)3/h2H2,1H3;(H-,1,2,3)/p+1. The Morgan fingerprint density at radius 1 is 1.36 bits per heavy atom. The number of alkyl halides is 3. The van der Waals surface area contributed by atoms with Crippen molar-refractivity contribution in [1.29, 1.82) is 0 Å². The van der Waals surface area contributed by atoms with Crippen molar-refractivity contribution < 1.29 is 27.0 Å². The van der Waals surface area contributed by atoms with Crippen molar-refractivity contribution in [3.8, 4) is 0 Å². The quantitative estimate of drug-likeness (QED) is 0.448. The van der Waals surface area contributed by atoms with Crippen molar-refractivity contribution in [3.63, 3.8) is 0 Å². The fourth-order valence-electron chi connectivity index (χ4n) is 0.174. The third-order valence-electron chi connectivity index (χ3n) is 0.437. The van der Waals surface area contributed by atoms with E-state index in [0.29, 0.717) is 0 Å². The summed E-state index contributed by atoms with van der Waals surface area (Å²) in [6.45, 7) is -0.462. The van der Waals surface area contributed by atoms with Crippen molar-refractivity contribution in [3.05, 3.63) is 0 Å². The summed E-state index contributed by atoms with van der Waals surface area (Å²) in [4.78, 5) is 14.2. The van der Waals surface area contributed by atoms with E-state index < -0.39 is 28.8 Å².